The molecule has 2 heterocycles. The van der Waals surface area contributed by atoms with Gasteiger partial charge in [0.25, 0.3) is 0 Å². The summed E-state index contributed by atoms with van der Waals surface area (Å²) in [5.41, 5.74) is 31.7. The number of para-hydroxylation sites is 1. The molecule has 0 aliphatic carbocycles. The number of amides is 11. The first-order valence-electron chi connectivity index (χ1n) is 32.0. The van der Waals surface area contributed by atoms with Crippen LogP contribution in [0.2, 0.25) is 0 Å². The zero-order chi connectivity index (χ0) is 67.9. The Morgan fingerprint density at radius 3 is 1.62 bits per heavy atom. The quantitative estimate of drug-likeness (QED) is 0.0298. The maximum atomic E-state index is 14.8. The molecule has 1 fully saturated rings. The van der Waals surface area contributed by atoms with Crippen molar-refractivity contribution in [3.63, 3.8) is 0 Å². The Morgan fingerprint density at radius 1 is 0.554 bits per heavy atom. The van der Waals surface area contributed by atoms with Crippen LogP contribution in [0.15, 0.2) is 60.8 Å². The van der Waals surface area contributed by atoms with Crippen molar-refractivity contribution in [2.75, 3.05) is 39.3 Å². The third-order valence-corrected chi connectivity index (χ3v) is 15.9. The molecule has 92 heavy (non-hydrogen) atoms. The summed E-state index contributed by atoms with van der Waals surface area (Å²) in [5.74, 6) is -8.91. The van der Waals surface area contributed by atoms with Gasteiger partial charge in [0, 0.05) is 42.9 Å². The van der Waals surface area contributed by atoms with Gasteiger partial charge in [-0.05, 0) is 120 Å². The fourth-order valence-corrected chi connectivity index (χ4v) is 10.5. The predicted octanol–water partition coefficient (Wildman–Crippen LogP) is -2.90. The second kappa shape index (κ2) is 40.0. The highest BCUT2D eigenvalue weighted by Gasteiger charge is 2.37. The van der Waals surface area contributed by atoms with E-state index in [9.17, 15) is 57.8 Å². The van der Waals surface area contributed by atoms with Crippen LogP contribution in [-0.4, -0.2) is 181 Å². The number of aliphatic hydroxyl groups is 1. The fourth-order valence-electron chi connectivity index (χ4n) is 10.5. The molecule has 3 aromatic rings. The van der Waals surface area contributed by atoms with Crippen LogP contribution in [0.1, 0.15) is 123 Å². The van der Waals surface area contributed by atoms with Gasteiger partial charge in [-0.1, -0.05) is 95.5 Å². The molecule has 0 saturated carbocycles. The van der Waals surface area contributed by atoms with Gasteiger partial charge in [0.05, 0.1) is 6.10 Å². The molecule has 4 rings (SSSR count). The Balaban J connectivity index is 1.77. The number of aromatic nitrogens is 1. The van der Waals surface area contributed by atoms with Gasteiger partial charge in [0.1, 0.15) is 60.4 Å². The second-order valence-electron chi connectivity index (χ2n) is 23.9. The Morgan fingerprint density at radius 2 is 1.07 bits per heavy atom. The molecule has 1 saturated heterocycles. The van der Waals surface area contributed by atoms with Crippen LogP contribution in [-0.2, 0) is 65.6 Å². The molecule has 11 amide bonds. The minimum Gasteiger partial charge on any atom is -0.391 e. The number of carbonyl (C=O) groups is 11. The maximum Gasteiger partial charge on any atom is 0.245 e. The predicted molar refractivity (Wildman–Crippen MR) is 346 cm³/mol. The van der Waals surface area contributed by atoms with Crippen LogP contribution in [0.4, 0.5) is 0 Å². The molecule has 0 radical (unpaired) electrons. The molecular weight excluding hydrogens is 1190 g/mol. The van der Waals surface area contributed by atoms with E-state index in [0.29, 0.717) is 23.5 Å². The number of hydrogen-bond acceptors (Lipinski definition) is 17. The van der Waals surface area contributed by atoms with E-state index in [1.165, 1.54) is 6.92 Å². The zero-order valence-corrected chi connectivity index (χ0v) is 53.7. The summed E-state index contributed by atoms with van der Waals surface area (Å²) in [6.07, 6.45) is 2.26. The Kier molecular flexibility index (Phi) is 33.2. The topological polar surface area (TPSA) is 486 Å². The fraction of sp³-hybridized carbons (Fsp3) is 0.603. The van der Waals surface area contributed by atoms with Crippen molar-refractivity contribution in [3.05, 3.63) is 71.9 Å². The Bertz CT molecular complexity index is 2890. The molecule has 23 N–H and O–H groups in total. The number of benzene rings is 2. The monoisotopic (exact) mass is 1290 g/mol. The second-order valence-corrected chi connectivity index (χ2v) is 23.9. The number of rotatable bonds is 30. The van der Waals surface area contributed by atoms with E-state index in [-0.39, 0.29) is 96.4 Å². The SMILES string of the molecule is CC[C@H](C)CCCCC(=O)N[C@@H](CCN)C(=O)N[C@H](C(=O)N[C@@H](CCN)C(=O)N[C@H]1CCNC(=O)[C@H](Cc2c[nH]c3ccccc23)NC(=O)[C@H](CCN)NC(=O)[C@H](CCN)NC(=O)[C@H](CC(C)C)NC(=O)[C@@H](Cc2ccccc2)NC(=O)[C@H](CCN)NC1=O)[C@@H](C)O. The van der Waals surface area contributed by atoms with Gasteiger partial charge >= 0.3 is 0 Å². The number of aromatic amines is 1. The zero-order valence-electron chi connectivity index (χ0n) is 53.7. The van der Waals surface area contributed by atoms with E-state index in [2.05, 4.69) is 77.3 Å². The van der Waals surface area contributed by atoms with Crippen molar-refractivity contribution in [1.29, 1.82) is 0 Å². The summed E-state index contributed by atoms with van der Waals surface area (Å²) in [6.45, 7) is 8.02. The van der Waals surface area contributed by atoms with E-state index >= 15 is 0 Å². The van der Waals surface area contributed by atoms with E-state index in [0.717, 1.165) is 30.2 Å². The highest BCUT2D eigenvalue weighted by atomic mass is 16.3. The molecule has 12 atom stereocenters. The molecule has 0 bridgehead atoms. The first-order valence-corrected chi connectivity index (χ1v) is 32.0. The number of unbranched alkanes of at least 4 members (excludes halogenated alkanes) is 1. The largest absolute Gasteiger partial charge is 0.391 e. The van der Waals surface area contributed by atoms with Crippen molar-refractivity contribution in [1.82, 2.24) is 63.5 Å². The number of H-pyrrole nitrogens is 1. The van der Waals surface area contributed by atoms with Crippen molar-refractivity contribution >= 4 is 75.9 Å². The lowest BCUT2D eigenvalue weighted by Crippen LogP contribution is -2.62. The van der Waals surface area contributed by atoms with Gasteiger partial charge in [-0.25, -0.2) is 0 Å². The molecule has 29 heteroatoms. The van der Waals surface area contributed by atoms with E-state index in [1.54, 1.807) is 56.4 Å². The van der Waals surface area contributed by atoms with Crippen LogP contribution >= 0.6 is 0 Å². The molecule has 0 spiro atoms. The average Bonchev–Trinajstić information content (AvgIpc) is 2.02. The first-order chi connectivity index (χ1) is 44.0. The lowest BCUT2D eigenvalue weighted by Gasteiger charge is -2.29. The molecule has 29 nitrogen and oxygen atoms in total. The van der Waals surface area contributed by atoms with Crippen LogP contribution in [0.25, 0.3) is 10.9 Å². The van der Waals surface area contributed by atoms with Gasteiger partial charge in [-0.3, -0.25) is 52.7 Å². The number of nitrogens with two attached hydrogens (primary N) is 5. The standard InChI is InChI=1S/C63H101N17O12/c1-6-37(4)14-10-13-19-52(82)71-43(20-26-64)60(89)80-53(38(5)81)63(92)76-47(24-30-68)56(85)75-48-25-31-69-54(83)51(34-40-35-70-42-18-12-11-17-41(40)42)79-58(87)46(23-29-67)72-55(84)44(21-27-65)74-61(90)49(32-36(2)3)77-62(91)50(33-39-15-8-7-9-16-39)78-57(86)45(22-28-66)73-59(48)88/h7-9,11-12,15-18,35-38,43-51,53,70,81H,6,10,13-14,19-34,64-68H2,1-5H3,(H,69,83)(H,71,82)(H,72,84)(H,73,88)(H,74,90)(H,75,85)(H,76,92)(H,77,91)(H,78,86)(H,79,87)(H,80,89)/t37-,38+,43-,44-,45-,46-,47-,48-,49-,50+,51-,53-/m0/s1. The lowest BCUT2D eigenvalue weighted by molar-refractivity contribution is -0.137. The van der Waals surface area contributed by atoms with Crippen LogP contribution in [0.5, 0.6) is 0 Å². The lowest BCUT2D eigenvalue weighted by atomic mass is 10.00. The Hall–Kier alpha value is -8.09. The molecule has 1 aliphatic heterocycles. The van der Waals surface area contributed by atoms with Gasteiger partial charge in [0.2, 0.25) is 65.0 Å². The highest BCUT2D eigenvalue weighted by molar-refractivity contribution is 5.99. The minimum atomic E-state index is -1.70. The number of hydrogen-bond donors (Lipinski definition) is 18. The summed E-state index contributed by atoms with van der Waals surface area (Å²) in [6, 6.07) is 1.51. The van der Waals surface area contributed by atoms with Gasteiger partial charge in [0.15, 0.2) is 0 Å². The number of fused-ring (bicyclic) bond motifs is 1. The number of aliphatic hydroxyl groups excluding tert-OH is 1. The summed E-state index contributed by atoms with van der Waals surface area (Å²) in [5, 5.41) is 40.8. The van der Waals surface area contributed by atoms with Crippen LogP contribution < -0.4 is 87.2 Å². The summed E-state index contributed by atoms with van der Waals surface area (Å²) in [7, 11) is 0. The maximum absolute atomic E-state index is 14.8. The molecule has 0 unspecified atom stereocenters. The van der Waals surface area contributed by atoms with Gasteiger partial charge < -0.3 is 97.2 Å². The molecule has 1 aliphatic rings. The summed E-state index contributed by atoms with van der Waals surface area (Å²) >= 11 is 0. The summed E-state index contributed by atoms with van der Waals surface area (Å²) < 4.78 is 0. The van der Waals surface area contributed by atoms with Crippen LogP contribution in [0.3, 0.4) is 0 Å². The molecular formula is C63H101N17O12. The number of nitrogens with one attached hydrogen (secondary N) is 12. The van der Waals surface area contributed by atoms with Gasteiger partial charge in [-0.2, -0.15) is 0 Å². The van der Waals surface area contributed by atoms with Crippen molar-refractivity contribution in [2.45, 2.75) is 191 Å². The van der Waals surface area contributed by atoms with E-state index < -0.39 is 144 Å². The molecule has 510 valence electrons. The molecule has 1 aromatic heterocycles. The Labute approximate surface area is 538 Å². The molecule has 2 aromatic carbocycles. The summed E-state index contributed by atoms with van der Waals surface area (Å²) in [4.78, 5) is 160. The third-order valence-electron chi connectivity index (χ3n) is 15.9. The third kappa shape index (κ3) is 25.2. The minimum absolute atomic E-state index is 0.0123. The van der Waals surface area contributed by atoms with E-state index in [1.807, 2.05) is 18.2 Å². The average molecular weight is 1290 g/mol. The van der Waals surface area contributed by atoms with Crippen molar-refractivity contribution in [2.24, 2.45) is 40.5 Å². The van der Waals surface area contributed by atoms with Gasteiger partial charge in [-0.15, -0.1) is 0 Å². The highest BCUT2D eigenvalue weighted by Crippen LogP contribution is 2.20. The number of carbonyl (C=O) groups excluding carboxylic acids is 11. The first kappa shape index (κ1) is 76.4. The smallest absolute Gasteiger partial charge is 0.245 e. The van der Waals surface area contributed by atoms with E-state index in [4.69, 9.17) is 28.7 Å². The van der Waals surface area contributed by atoms with Crippen molar-refractivity contribution < 1.29 is 57.8 Å². The normalized spacial score (nSPS) is 21.7. The van der Waals surface area contributed by atoms with Crippen molar-refractivity contribution in [3.8, 4) is 0 Å². The van der Waals surface area contributed by atoms with Crippen LogP contribution in [0, 0.1) is 11.8 Å².